The summed E-state index contributed by atoms with van der Waals surface area (Å²) in [4.78, 5) is 12.3. The fraction of sp³-hybridized carbons (Fsp3) is 0.417. The first-order chi connectivity index (χ1) is 8.38. The van der Waals surface area contributed by atoms with E-state index in [0.717, 1.165) is 37.4 Å². The van der Waals surface area contributed by atoms with Gasteiger partial charge in [0.05, 0.1) is 6.33 Å². The number of anilines is 1. The van der Waals surface area contributed by atoms with E-state index in [9.17, 15) is 0 Å². The molecule has 0 bridgehead atoms. The van der Waals surface area contributed by atoms with Gasteiger partial charge in [0.15, 0.2) is 0 Å². The molecule has 2 rings (SSSR count). The van der Waals surface area contributed by atoms with Crippen LogP contribution in [-0.4, -0.2) is 26.1 Å². The lowest BCUT2D eigenvalue weighted by Crippen LogP contribution is -2.07. The third kappa shape index (κ3) is 3.55. The molecule has 0 atom stereocenters. The molecule has 0 aromatic carbocycles. The maximum Gasteiger partial charge on any atom is 0.129 e. The number of hydrogen-bond donors (Lipinski definition) is 1. The van der Waals surface area contributed by atoms with E-state index < -0.39 is 0 Å². The van der Waals surface area contributed by atoms with Crippen molar-refractivity contribution in [1.29, 1.82) is 0 Å². The quantitative estimate of drug-likeness (QED) is 0.769. The number of nitrogens with zero attached hydrogens (tertiary/aromatic N) is 4. The van der Waals surface area contributed by atoms with Crippen LogP contribution in [-0.2, 0) is 13.0 Å². The largest absolute Gasteiger partial charge is 0.370 e. The van der Waals surface area contributed by atoms with Crippen LogP contribution < -0.4 is 5.32 Å². The van der Waals surface area contributed by atoms with Crippen LogP contribution in [0, 0.1) is 0 Å². The first kappa shape index (κ1) is 11.6. The van der Waals surface area contributed by atoms with E-state index in [1.54, 1.807) is 12.5 Å². The zero-order valence-corrected chi connectivity index (χ0v) is 10.0. The summed E-state index contributed by atoms with van der Waals surface area (Å²) < 4.78 is 2.07. The van der Waals surface area contributed by atoms with Crippen LogP contribution in [0.25, 0.3) is 0 Å². The summed E-state index contributed by atoms with van der Waals surface area (Å²) in [6.07, 6.45) is 9.19. The Hall–Kier alpha value is -1.91. The minimum atomic E-state index is 0.901. The van der Waals surface area contributed by atoms with E-state index in [1.807, 2.05) is 18.6 Å². The van der Waals surface area contributed by atoms with Crippen LogP contribution in [0.3, 0.4) is 0 Å². The highest BCUT2D eigenvalue weighted by atomic mass is 15.0. The SMILES string of the molecule is CCc1cc(NCCCn2ccnc2)ncn1. The Balaban J connectivity index is 1.74. The number of imidazole rings is 1. The Bertz CT molecular complexity index is 438. The summed E-state index contributed by atoms with van der Waals surface area (Å²) in [5.74, 6) is 0.905. The molecule has 5 nitrogen and oxygen atoms in total. The van der Waals surface area contributed by atoms with Crippen LogP contribution >= 0.6 is 0 Å². The fourth-order valence-corrected chi connectivity index (χ4v) is 1.58. The Morgan fingerprint density at radius 3 is 3.06 bits per heavy atom. The predicted octanol–water partition coefficient (Wildman–Crippen LogP) is 1.74. The Morgan fingerprint density at radius 2 is 2.29 bits per heavy atom. The zero-order chi connectivity index (χ0) is 11.9. The van der Waals surface area contributed by atoms with Gasteiger partial charge in [0.2, 0.25) is 0 Å². The molecule has 0 aliphatic heterocycles. The summed E-state index contributed by atoms with van der Waals surface area (Å²) in [5.41, 5.74) is 1.07. The van der Waals surface area contributed by atoms with E-state index in [4.69, 9.17) is 0 Å². The smallest absolute Gasteiger partial charge is 0.129 e. The van der Waals surface area contributed by atoms with Gasteiger partial charge in [-0.15, -0.1) is 0 Å². The first-order valence-electron chi connectivity index (χ1n) is 5.89. The maximum atomic E-state index is 4.18. The average Bonchev–Trinajstić information content (AvgIpc) is 2.88. The molecule has 0 unspecified atom stereocenters. The van der Waals surface area contributed by atoms with Crippen molar-refractivity contribution in [2.45, 2.75) is 26.3 Å². The molecule has 0 fully saturated rings. The van der Waals surface area contributed by atoms with E-state index >= 15 is 0 Å². The summed E-state index contributed by atoms with van der Waals surface area (Å²) in [7, 11) is 0. The number of nitrogens with one attached hydrogen (secondary N) is 1. The molecule has 0 radical (unpaired) electrons. The second-order valence-electron chi connectivity index (χ2n) is 3.83. The second-order valence-corrected chi connectivity index (χ2v) is 3.83. The first-order valence-corrected chi connectivity index (χ1v) is 5.89. The van der Waals surface area contributed by atoms with Gasteiger partial charge < -0.3 is 9.88 Å². The van der Waals surface area contributed by atoms with Crippen molar-refractivity contribution in [3.63, 3.8) is 0 Å². The molecule has 0 saturated carbocycles. The fourth-order valence-electron chi connectivity index (χ4n) is 1.58. The molecular formula is C12H17N5. The van der Waals surface area contributed by atoms with Crippen molar-refractivity contribution < 1.29 is 0 Å². The zero-order valence-electron chi connectivity index (χ0n) is 10.0. The van der Waals surface area contributed by atoms with E-state index in [0.29, 0.717) is 0 Å². The summed E-state index contributed by atoms with van der Waals surface area (Å²) in [5, 5.41) is 3.30. The second kappa shape index (κ2) is 5.98. The van der Waals surface area contributed by atoms with Crippen molar-refractivity contribution in [2.75, 3.05) is 11.9 Å². The molecule has 5 heteroatoms. The number of hydrogen-bond acceptors (Lipinski definition) is 4. The predicted molar refractivity (Wildman–Crippen MR) is 66.7 cm³/mol. The number of rotatable bonds is 6. The third-order valence-electron chi connectivity index (χ3n) is 2.54. The van der Waals surface area contributed by atoms with Crippen molar-refractivity contribution >= 4 is 5.82 Å². The van der Waals surface area contributed by atoms with E-state index in [2.05, 4.69) is 31.8 Å². The summed E-state index contributed by atoms with van der Waals surface area (Å²) in [6, 6.07) is 2.00. The van der Waals surface area contributed by atoms with Gasteiger partial charge in [-0.25, -0.2) is 15.0 Å². The Labute approximate surface area is 101 Å². The minimum Gasteiger partial charge on any atom is -0.370 e. The van der Waals surface area contributed by atoms with Crippen LogP contribution in [0.4, 0.5) is 5.82 Å². The molecule has 90 valence electrons. The maximum absolute atomic E-state index is 4.18. The van der Waals surface area contributed by atoms with Gasteiger partial charge in [-0.05, 0) is 12.8 Å². The molecular weight excluding hydrogens is 214 g/mol. The molecule has 0 aliphatic rings. The summed E-state index contributed by atoms with van der Waals surface area (Å²) >= 11 is 0. The molecule has 2 aromatic rings. The van der Waals surface area contributed by atoms with Crippen molar-refractivity contribution in [3.8, 4) is 0 Å². The van der Waals surface area contributed by atoms with E-state index in [1.165, 1.54) is 0 Å². The summed E-state index contributed by atoms with van der Waals surface area (Å²) in [6.45, 7) is 3.96. The lowest BCUT2D eigenvalue weighted by atomic mass is 10.3. The van der Waals surface area contributed by atoms with Gasteiger partial charge in [-0.3, -0.25) is 0 Å². The number of aromatic nitrogens is 4. The lowest BCUT2D eigenvalue weighted by molar-refractivity contribution is 0.660. The van der Waals surface area contributed by atoms with Crippen LogP contribution in [0.2, 0.25) is 0 Å². The molecule has 0 amide bonds. The molecule has 0 spiro atoms. The van der Waals surface area contributed by atoms with Crippen LogP contribution in [0.1, 0.15) is 19.0 Å². The van der Waals surface area contributed by atoms with Crippen LogP contribution in [0.5, 0.6) is 0 Å². The van der Waals surface area contributed by atoms with Gasteiger partial charge in [0, 0.05) is 37.2 Å². The van der Waals surface area contributed by atoms with E-state index in [-0.39, 0.29) is 0 Å². The highest BCUT2D eigenvalue weighted by molar-refractivity contribution is 5.34. The van der Waals surface area contributed by atoms with Gasteiger partial charge in [0.1, 0.15) is 12.1 Å². The molecule has 1 N–H and O–H groups in total. The van der Waals surface area contributed by atoms with Gasteiger partial charge in [0.25, 0.3) is 0 Å². The Morgan fingerprint density at radius 1 is 1.35 bits per heavy atom. The van der Waals surface area contributed by atoms with Crippen molar-refractivity contribution in [2.24, 2.45) is 0 Å². The van der Waals surface area contributed by atoms with Crippen molar-refractivity contribution in [1.82, 2.24) is 19.5 Å². The normalized spacial score (nSPS) is 10.4. The van der Waals surface area contributed by atoms with Gasteiger partial charge in [-0.2, -0.15) is 0 Å². The van der Waals surface area contributed by atoms with Crippen LogP contribution in [0.15, 0.2) is 31.1 Å². The highest BCUT2D eigenvalue weighted by Crippen LogP contribution is 2.04. The Kier molecular flexibility index (Phi) is 4.07. The minimum absolute atomic E-state index is 0.901. The van der Waals surface area contributed by atoms with Gasteiger partial charge >= 0.3 is 0 Å². The van der Waals surface area contributed by atoms with Gasteiger partial charge in [-0.1, -0.05) is 6.92 Å². The monoisotopic (exact) mass is 231 g/mol. The average molecular weight is 231 g/mol. The lowest BCUT2D eigenvalue weighted by Gasteiger charge is -2.06. The van der Waals surface area contributed by atoms with Crippen molar-refractivity contribution in [3.05, 3.63) is 36.8 Å². The molecule has 2 aromatic heterocycles. The molecule has 0 saturated heterocycles. The molecule has 17 heavy (non-hydrogen) atoms. The third-order valence-corrected chi connectivity index (χ3v) is 2.54. The molecule has 0 aliphatic carbocycles. The topological polar surface area (TPSA) is 55.6 Å². The standard InChI is InChI=1S/C12H17N5/c1-2-11-8-12(16-9-15-11)14-4-3-6-17-7-5-13-10-17/h5,7-10H,2-4,6H2,1H3,(H,14,15,16). The number of aryl methyl sites for hydroxylation is 2. The molecule has 2 heterocycles. The highest BCUT2D eigenvalue weighted by Gasteiger charge is 1.96.